The molecule has 0 saturated heterocycles. The van der Waals surface area contributed by atoms with Gasteiger partial charge in [0.05, 0.1) is 14.2 Å². The summed E-state index contributed by atoms with van der Waals surface area (Å²) in [6.07, 6.45) is 1.10. The molecule has 1 aromatic heterocycles. The first-order chi connectivity index (χ1) is 16.7. The summed E-state index contributed by atoms with van der Waals surface area (Å²) in [6, 6.07) is 12.8. The molecule has 3 aromatic rings. The second-order valence-corrected chi connectivity index (χ2v) is 9.05. The number of furan rings is 1. The summed E-state index contributed by atoms with van der Waals surface area (Å²) >= 11 is 0. The van der Waals surface area contributed by atoms with E-state index in [0.29, 0.717) is 35.6 Å². The lowest BCUT2D eigenvalue weighted by Gasteiger charge is -2.18. The molecular weight excluding hydrogens is 476 g/mol. The molecule has 12 heteroatoms. The molecular formula is C23H28N4O7S. The van der Waals surface area contributed by atoms with Crippen LogP contribution in [0.4, 0.5) is 5.69 Å². The van der Waals surface area contributed by atoms with Crippen molar-refractivity contribution < 1.29 is 31.9 Å². The largest absolute Gasteiger partial charge is 0.493 e. The van der Waals surface area contributed by atoms with E-state index in [1.165, 1.54) is 14.2 Å². The predicted molar refractivity (Wildman–Crippen MR) is 131 cm³/mol. The van der Waals surface area contributed by atoms with Crippen molar-refractivity contribution in [1.82, 2.24) is 10.0 Å². The van der Waals surface area contributed by atoms with Gasteiger partial charge in [-0.15, -0.1) is 0 Å². The lowest BCUT2D eigenvalue weighted by molar-refractivity contribution is -0.118. The molecule has 0 aliphatic rings. The van der Waals surface area contributed by atoms with Gasteiger partial charge in [-0.1, -0.05) is 18.2 Å². The van der Waals surface area contributed by atoms with Gasteiger partial charge in [-0.3, -0.25) is 9.59 Å². The Morgan fingerprint density at radius 1 is 1.03 bits per heavy atom. The number of methoxy groups -OCH3 is 2. The maximum atomic E-state index is 13.1. The minimum absolute atomic E-state index is 0.0750. The van der Waals surface area contributed by atoms with Crippen molar-refractivity contribution in [3.05, 3.63) is 54.3 Å². The molecule has 0 aliphatic heterocycles. The molecule has 1 atom stereocenters. The van der Waals surface area contributed by atoms with Crippen LogP contribution in [-0.4, -0.2) is 47.0 Å². The number of hydrogen-bond donors (Lipinski definition) is 4. The monoisotopic (exact) mass is 504 g/mol. The van der Waals surface area contributed by atoms with Gasteiger partial charge in [0.2, 0.25) is 5.91 Å². The second kappa shape index (κ2) is 11.7. The summed E-state index contributed by atoms with van der Waals surface area (Å²) in [5, 5.41) is 11.2. The third-order valence-corrected chi connectivity index (χ3v) is 5.75. The van der Waals surface area contributed by atoms with E-state index in [9.17, 15) is 18.0 Å². The Balaban J connectivity index is 1.71. The molecule has 1 heterocycles. The van der Waals surface area contributed by atoms with Gasteiger partial charge in [-0.05, 0) is 43.5 Å². The Morgan fingerprint density at radius 2 is 1.77 bits per heavy atom. The average Bonchev–Trinajstić information content (AvgIpc) is 3.26. The molecule has 5 N–H and O–H groups in total. The van der Waals surface area contributed by atoms with Gasteiger partial charge >= 0.3 is 0 Å². The van der Waals surface area contributed by atoms with Gasteiger partial charge in [0, 0.05) is 23.7 Å². The molecule has 0 saturated carbocycles. The molecule has 3 rings (SSSR count). The van der Waals surface area contributed by atoms with E-state index in [4.69, 9.17) is 19.0 Å². The molecule has 188 valence electrons. The third kappa shape index (κ3) is 7.44. The fourth-order valence-corrected chi connectivity index (χ4v) is 3.85. The predicted octanol–water partition coefficient (Wildman–Crippen LogP) is 2.15. The fraction of sp³-hybridized carbons (Fsp3) is 0.304. The topological polar surface area (TPSA) is 162 Å². The first-order valence-corrected chi connectivity index (χ1v) is 12.3. The fourth-order valence-electron chi connectivity index (χ4n) is 3.42. The van der Waals surface area contributed by atoms with E-state index in [1.54, 1.807) is 36.4 Å². The molecule has 0 radical (unpaired) electrons. The first kappa shape index (κ1) is 26.0. The number of rotatable bonds is 12. The standard InChI is InChI=1S/C23H28N4O7S/c1-32-19-11-10-16(14-20(19)33-2)26-22(28)17(8-5-6-12-25-35(24,30)31)27-23(29)21-13-15-7-3-4-9-18(15)34-21/h3-4,7,9-11,13-14,17,25H,5-6,8,12H2,1-2H3,(H,26,28)(H,27,29)(H2,24,30,31)/t17-/m1/s1. The number of amides is 2. The van der Waals surface area contributed by atoms with Crippen LogP contribution >= 0.6 is 0 Å². The number of nitrogens with two attached hydrogens (primary N) is 1. The van der Waals surface area contributed by atoms with Crippen LogP contribution in [0.1, 0.15) is 29.8 Å². The van der Waals surface area contributed by atoms with Gasteiger partial charge in [0.25, 0.3) is 16.1 Å². The van der Waals surface area contributed by atoms with Crippen LogP contribution in [0.5, 0.6) is 11.5 Å². The molecule has 0 spiro atoms. The molecule has 2 aromatic carbocycles. The van der Waals surface area contributed by atoms with E-state index >= 15 is 0 Å². The van der Waals surface area contributed by atoms with Crippen LogP contribution in [0.15, 0.2) is 52.9 Å². The van der Waals surface area contributed by atoms with Crippen LogP contribution in [0.3, 0.4) is 0 Å². The van der Waals surface area contributed by atoms with E-state index in [2.05, 4.69) is 15.4 Å². The van der Waals surface area contributed by atoms with Crippen LogP contribution in [0, 0.1) is 0 Å². The van der Waals surface area contributed by atoms with Crippen LogP contribution in [0.25, 0.3) is 11.0 Å². The zero-order chi connectivity index (χ0) is 25.4. The highest BCUT2D eigenvalue weighted by molar-refractivity contribution is 7.87. The van der Waals surface area contributed by atoms with Gasteiger partial charge in [-0.2, -0.15) is 8.42 Å². The first-order valence-electron chi connectivity index (χ1n) is 10.8. The van der Waals surface area contributed by atoms with Gasteiger partial charge < -0.3 is 24.5 Å². The van der Waals surface area contributed by atoms with Crippen molar-refractivity contribution in [3.63, 3.8) is 0 Å². The van der Waals surface area contributed by atoms with E-state index < -0.39 is 28.1 Å². The van der Waals surface area contributed by atoms with Crippen molar-refractivity contribution in [1.29, 1.82) is 0 Å². The van der Waals surface area contributed by atoms with Crippen molar-refractivity contribution in [3.8, 4) is 11.5 Å². The molecule has 0 unspecified atom stereocenters. The molecule has 11 nitrogen and oxygen atoms in total. The summed E-state index contributed by atoms with van der Waals surface area (Å²) in [5.74, 6) is 0.00763. The highest BCUT2D eigenvalue weighted by atomic mass is 32.2. The molecule has 0 aliphatic carbocycles. The lowest BCUT2D eigenvalue weighted by Crippen LogP contribution is -2.43. The van der Waals surface area contributed by atoms with Crippen LogP contribution < -0.4 is 30.0 Å². The highest BCUT2D eigenvalue weighted by Gasteiger charge is 2.23. The van der Waals surface area contributed by atoms with Gasteiger partial charge in [0.15, 0.2) is 17.3 Å². The summed E-state index contributed by atoms with van der Waals surface area (Å²) in [7, 11) is -0.810. The van der Waals surface area contributed by atoms with Crippen LogP contribution in [-0.2, 0) is 15.0 Å². The minimum Gasteiger partial charge on any atom is -0.493 e. The molecule has 35 heavy (non-hydrogen) atoms. The average molecular weight is 505 g/mol. The summed E-state index contributed by atoms with van der Waals surface area (Å²) < 4.78 is 40.3. The van der Waals surface area contributed by atoms with Crippen LogP contribution in [0.2, 0.25) is 0 Å². The smallest absolute Gasteiger partial charge is 0.287 e. The van der Waals surface area contributed by atoms with Crippen molar-refractivity contribution in [2.45, 2.75) is 25.3 Å². The Labute approximate surface area is 203 Å². The Hall–Kier alpha value is -3.61. The number of nitrogens with one attached hydrogen (secondary N) is 3. The normalized spacial score (nSPS) is 12.2. The number of para-hydroxylation sites is 1. The molecule has 0 fully saturated rings. The van der Waals surface area contributed by atoms with Crippen molar-refractivity contribution in [2.75, 3.05) is 26.1 Å². The lowest BCUT2D eigenvalue weighted by atomic mass is 10.1. The maximum absolute atomic E-state index is 13.1. The SMILES string of the molecule is COc1ccc(NC(=O)[C@@H](CCCCNS(N)(=O)=O)NC(=O)c2cc3ccccc3o2)cc1OC. The van der Waals surface area contributed by atoms with Gasteiger partial charge in [-0.25, -0.2) is 9.86 Å². The zero-order valence-electron chi connectivity index (χ0n) is 19.4. The number of hydrogen-bond acceptors (Lipinski definition) is 7. The number of carbonyl (C=O) groups excluding carboxylic acids is 2. The number of benzene rings is 2. The number of carbonyl (C=O) groups is 2. The summed E-state index contributed by atoms with van der Waals surface area (Å²) in [4.78, 5) is 25.9. The second-order valence-electron chi connectivity index (χ2n) is 7.67. The number of anilines is 1. The Morgan fingerprint density at radius 3 is 2.46 bits per heavy atom. The van der Waals surface area contributed by atoms with E-state index in [-0.39, 0.29) is 18.7 Å². The Bertz CT molecular complexity index is 1260. The highest BCUT2D eigenvalue weighted by Crippen LogP contribution is 2.30. The zero-order valence-corrected chi connectivity index (χ0v) is 20.2. The number of ether oxygens (including phenoxy) is 2. The maximum Gasteiger partial charge on any atom is 0.287 e. The van der Waals surface area contributed by atoms with E-state index in [0.717, 1.165) is 5.39 Å². The quantitative estimate of drug-likeness (QED) is 0.275. The molecule has 2 amide bonds. The Kier molecular flexibility index (Phi) is 8.68. The van der Waals surface area contributed by atoms with Crippen molar-refractivity contribution >= 4 is 38.7 Å². The molecule has 0 bridgehead atoms. The third-order valence-electron chi connectivity index (χ3n) is 5.15. The summed E-state index contributed by atoms with van der Waals surface area (Å²) in [5.41, 5.74) is 1.00. The van der Waals surface area contributed by atoms with Gasteiger partial charge in [0.1, 0.15) is 11.6 Å². The minimum atomic E-state index is -3.80. The summed E-state index contributed by atoms with van der Waals surface area (Å²) in [6.45, 7) is 0.111. The number of fused-ring (bicyclic) bond motifs is 1. The van der Waals surface area contributed by atoms with Crippen molar-refractivity contribution in [2.24, 2.45) is 5.14 Å². The van der Waals surface area contributed by atoms with E-state index in [1.807, 2.05) is 12.1 Å². The number of unbranched alkanes of at least 4 members (excludes halogenated alkanes) is 1.